The number of nitrogens with two attached hydrogens (primary N) is 1. The predicted molar refractivity (Wildman–Crippen MR) is 107 cm³/mol. The lowest BCUT2D eigenvalue weighted by Crippen LogP contribution is -2.26. The highest BCUT2D eigenvalue weighted by Gasteiger charge is 1.96. The lowest BCUT2D eigenvalue weighted by Gasteiger charge is -1.97. The van der Waals surface area contributed by atoms with Crippen LogP contribution in [0.4, 0.5) is 0 Å². The Labute approximate surface area is 149 Å². The zero-order valence-electron chi connectivity index (χ0n) is 13.8. The summed E-state index contributed by atoms with van der Waals surface area (Å²) >= 11 is 0. The van der Waals surface area contributed by atoms with Crippen LogP contribution in [0.3, 0.4) is 0 Å². The average Bonchev–Trinajstić information content (AvgIpc) is 3.29. The van der Waals surface area contributed by atoms with Gasteiger partial charge in [0, 0.05) is 23.4 Å². The van der Waals surface area contributed by atoms with Crippen LogP contribution in [-0.4, -0.2) is 28.4 Å². The third-order valence-electron chi connectivity index (χ3n) is 3.92. The van der Waals surface area contributed by atoms with Gasteiger partial charge >= 0.3 is 0 Å². The molecular weight excluding hydrogens is 326 g/mol. The first-order valence-corrected chi connectivity index (χ1v) is 8.08. The first-order valence-electron chi connectivity index (χ1n) is 8.08. The van der Waals surface area contributed by atoms with Crippen molar-refractivity contribution in [1.82, 2.24) is 15.4 Å². The predicted octanol–water partition coefficient (Wildman–Crippen LogP) is 2.92. The number of rotatable bonds is 4. The van der Waals surface area contributed by atoms with E-state index >= 15 is 0 Å². The molecule has 26 heavy (non-hydrogen) atoms. The fourth-order valence-corrected chi connectivity index (χ4v) is 2.66. The number of benzene rings is 2. The molecule has 0 bridgehead atoms. The standard InChI is InChI=1S/C19H17N7/c20-19(25-23-11-13-1-3-17-15(9-13)5-7-21-17)26-24-12-14-2-4-18-16(10-14)6-8-22-18/h1-12,21-22H,(H3,20,25,26)/b23-11+,24-12+. The fourth-order valence-electron chi connectivity index (χ4n) is 2.66. The molecule has 0 saturated carbocycles. The van der Waals surface area contributed by atoms with Crippen molar-refractivity contribution in [2.45, 2.75) is 0 Å². The first kappa shape index (κ1) is 15.6. The van der Waals surface area contributed by atoms with E-state index < -0.39 is 0 Å². The molecule has 0 spiro atoms. The molecule has 0 amide bonds. The Hall–Kier alpha value is -3.87. The molecule has 0 aliphatic heterocycles. The molecule has 7 heteroatoms. The molecule has 0 unspecified atom stereocenters. The highest BCUT2D eigenvalue weighted by Crippen LogP contribution is 2.13. The number of hydrogen-bond acceptors (Lipinski definition) is 3. The Morgan fingerprint density at radius 2 is 1.46 bits per heavy atom. The molecule has 0 atom stereocenters. The van der Waals surface area contributed by atoms with E-state index in [9.17, 15) is 0 Å². The number of hydrogen-bond donors (Lipinski definition) is 4. The van der Waals surface area contributed by atoms with Crippen LogP contribution in [0.1, 0.15) is 11.1 Å². The minimum Gasteiger partial charge on any atom is -0.367 e. The van der Waals surface area contributed by atoms with Crippen molar-refractivity contribution in [3.63, 3.8) is 0 Å². The zero-order chi connectivity index (χ0) is 17.8. The molecule has 0 fully saturated rings. The van der Waals surface area contributed by atoms with Gasteiger partial charge in [-0.05, 0) is 58.3 Å². The van der Waals surface area contributed by atoms with Crippen molar-refractivity contribution in [3.8, 4) is 0 Å². The molecule has 0 aliphatic carbocycles. The normalized spacial score (nSPS) is 12.7. The highest BCUT2D eigenvalue weighted by molar-refractivity contribution is 5.90. The summed E-state index contributed by atoms with van der Waals surface area (Å²) in [5.41, 5.74) is 12.5. The van der Waals surface area contributed by atoms with Crippen molar-refractivity contribution in [1.29, 1.82) is 0 Å². The van der Waals surface area contributed by atoms with E-state index in [4.69, 9.17) is 5.73 Å². The third kappa shape index (κ3) is 3.46. The second kappa shape index (κ2) is 6.94. The van der Waals surface area contributed by atoms with Crippen molar-refractivity contribution in [2.75, 3.05) is 0 Å². The van der Waals surface area contributed by atoms with Crippen LogP contribution in [0.25, 0.3) is 21.8 Å². The Bertz CT molecular complexity index is 1130. The highest BCUT2D eigenvalue weighted by atomic mass is 15.4. The number of nitrogens with zero attached hydrogens (tertiary/aromatic N) is 3. The van der Waals surface area contributed by atoms with Gasteiger partial charge in [0.15, 0.2) is 0 Å². The molecule has 0 aliphatic rings. The van der Waals surface area contributed by atoms with E-state index in [0.717, 1.165) is 32.9 Å². The number of hydrazone groups is 1. The minimum atomic E-state index is 0.114. The topological polar surface area (TPSA) is 107 Å². The summed E-state index contributed by atoms with van der Waals surface area (Å²) in [7, 11) is 0. The maximum absolute atomic E-state index is 5.75. The summed E-state index contributed by atoms with van der Waals surface area (Å²) in [5, 5.41) is 14.2. The van der Waals surface area contributed by atoms with Crippen molar-refractivity contribution in [3.05, 3.63) is 72.1 Å². The Morgan fingerprint density at radius 3 is 2.12 bits per heavy atom. The average molecular weight is 343 g/mol. The Balaban J connectivity index is 1.37. The monoisotopic (exact) mass is 343 g/mol. The van der Waals surface area contributed by atoms with Gasteiger partial charge in [-0.3, -0.25) is 0 Å². The molecule has 0 radical (unpaired) electrons. The van der Waals surface area contributed by atoms with Gasteiger partial charge in [0.2, 0.25) is 5.96 Å². The van der Waals surface area contributed by atoms with Crippen molar-refractivity contribution < 1.29 is 0 Å². The summed E-state index contributed by atoms with van der Waals surface area (Å²) in [5.74, 6) is 0.114. The van der Waals surface area contributed by atoms with Gasteiger partial charge < -0.3 is 15.7 Å². The van der Waals surface area contributed by atoms with Gasteiger partial charge in [-0.1, -0.05) is 12.1 Å². The molecule has 0 saturated heterocycles. The van der Waals surface area contributed by atoms with Crippen LogP contribution in [0.5, 0.6) is 0 Å². The van der Waals surface area contributed by atoms with Gasteiger partial charge in [0.1, 0.15) is 0 Å². The van der Waals surface area contributed by atoms with E-state index in [1.807, 2.05) is 60.9 Å². The third-order valence-corrected chi connectivity index (χ3v) is 3.92. The minimum absolute atomic E-state index is 0.114. The largest absolute Gasteiger partial charge is 0.367 e. The van der Waals surface area contributed by atoms with Crippen molar-refractivity contribution >= 4 is 40.2 Å². The van der Waals surface area contributed by atoms with Crippen LogP contribution in [-0.2, 0) is 0 Å². The molecule has 4 aromatic rings. The number of fused-ring (bicyclic) bond motifs is 2. The molecule has 7 nitrogen and oxygen atoms in total. The van der Waals surface area contributed by atoms with Gasteiger partial charge in [-0.25, -0.2) is 5.43 Å². The second-order valence-electron chi connectivity index (χ2n) is 5.75. The second-order valence-corrected chi connectivity index (χ2v) is 5.75. The summed E-state index contributed by atoms with van der Waals surface area (Å²) in [6.07, 6.45) is 7.13. The van der Waals surface area contributed by atoms with Crippen LogP contribution < -0.4 is 11.2 Å². The summed E-state index contributed by atoms with van der Waals surface area (Å²) in [4.78, 5) is 6.30. The number of guanidine groups is 1. The van der Waals surface area contributed by atoms with Crippen LogP contribution in [0.2, 0.25) is 0 Å². The summed E-state index contributed by atoms with van der Waals surface area (Å²) < 4.78 is 0. The number of aromatic amines is 2. The Morgan fingerprint density at radius 1 is 0.846 bits per heavy atom. The van der Waals surface area contributed by atoms with Crippen molar-refractivity contribution in [2.24, 2.45) is 21.0 Å². The lowest BCUT2D eigenvalue weighted by molar-refractivity contribution is 0.994. The number of aromatic nitrogens is 2. The molecule has 2 aromatic carbocycles. The van der Waals surface area contributed by atoms with Gasteiger partial charge in [0.05, 0.1) is 12.4 Å². The smallest absolute Gasteiger partial charge is 0.234 e. The zero-order valence-corrected chi connectivity index (χ0v) is 13.8. The molecule has 2 aromatic heterocycles. The molecule has 4 rings (SSSR count). The number of H-pyrrole nitrogens is 2. The maximum Gasteiger partial charge on any atom is 0.234 e. The van der Waals surface area contributed by atoms with E-state index in [-0.39, 0.29) is 5.96 Å². The van der Waals surface area contributed by atoms with Gasteiger partial charge in [-0.15, -0.1) is 5.10 Å². The number of nitrogens with one attached hydrogen (secondary N) is 3. The quantitative estimate of drug-likeness (QED) is 0.260. The SMILES string of the molecule is N/C(=N\N=C\c1ccc2[nH]ccc2c1)N/N=C/c1ccc2[nH]ccc2c1. The van der Waals surface area contributed by atoms with Crippen LogP contribution >= 0.6 is 0 Å². The fraction of sp³-hybridized carbons (Fsp3) is 0. The van der Waals surface area contributed by atoms with Gasteiger partial charge in [-0.2, -0.15) is 10.2 Å². The maximum atomic E-state index is 5.75. The van der Waals surface area contributed by atoms with Gasteiger partial charge in [0.25, 0.3) is 0 Å². The van der Waals surface area contributed by atoms with E-state index in [1.165, 1.54) is 0 Å². The molecular formula is C19H17N7. The molecule has 2 heterocycles. The van der Waals surface area contributed by atoms with Crippen LogP contribution in [0.15, 0.2) is 76.2 Å². The summed E-state index contributed by atoms with van der Waals surface area (Å²) in [6.45, 7) is 0. The molecule has 128 valence electrons. The van der Waals surface area contributed by atoms with E-state index in [2.05, 4.69) is 30.7 Å². The first-order chi connectivity index (χ1) is 12.8. The van der Waals surface area contributed by atoms with Crippen LogP contribution in [0, 0.1) is 0 Å². The lowest BCUT2D eigenvalue weighted by atomic mass is 10.2. The summed E-state index contributed by atoms with van der Waals surface area (Å²) in [6, 6.07) is 16.0. The Kier molecular flexibility index (Phi) is 4.17. The van der Waals surface area contributed by atoms with E-state index in [1.54, 1.807) is 12.4 Å². The van der Waals surface area contributed by atoms with E-state index in [0.29, 0.717) is 0 Å². The molecule has 5 N–H and O–H groups in total.